The number of nitrogen functional groups attached to an aromatic ring is 1. The lowest BCUT2D eigenvalue weighted by molar-refractivity contribution is 1.40. The van der Waals surface area contributed by atoms with E-state index in [0.717, 1.165) is 21.5 Å². The Morgan fingerprint density at radius 3 is 2.41 bits per heavy atom. The fraction of sp³-hybridized carbons (Fsp3) is 0.143. The summed E-state index contributed by atoms with van der Waals surface area (Å²) in [5, 5.41) is 3.37. The molecule has 17 heavy (non-hydrogen) atoms. The van der Waals surface area contributed by atoms with E-state index in [0.29, 0.717) is 0 Å². The summed E-state index contributed by atoms with van der Waals surface area (Å²) in [7, 11) is 0. The minimum atomic E-state index is 0.768. The summed E-state index contributed by atoms with van der Waals surface area (Å²) in [4.78, 5) is 0. The van der Waals surface area contributed by atoms with Crippen molar-refractivity contribution in [3.63, 3.8) is 0 Å². The minimum Gasteiger partial charge on any atom is -0.399 e. The second kappa shape index (κ2) is 4.80. The molecule has 0 aliphatic rings. The first kappa shape index (κ1) is 12.0. The van der Waals surface area contributed by atoms with Gasteiger partial charge in [-0.15, -0.1) is 0 Å². The highest BCUT2D eigenvalue weighted by Crippen LogP contribution is 2.26. The second-order valence-electron chi connectivity index (χ2n) is 4.16. The van der Waals surface area contributed by atoms with Crippen molar-refractivity contribution in [2.45, 2.75) is 13.8 Å². The van der Waals surface area contributed by atoms with Gasteiger partial charge in [0.1, 0.15) is 0 Å². The number of hydrogen-bond donors (Lipinski definition) is 2. The molecule has 0 bridgehead atoms. The van der Waals surface area contributed by atoms with Crippen LogP contribution in [0.15, 0.2) is 40.9 Å². The van der Waals surface area contributed by atoms with Gasteiger partial charge < -0.3 is 11.1 Å². The number of nitrogens with two attached hydrogens (primary N) is 1. The third kappa shape index (κ3) is 2.80. The smallest absolute Gasteiger partial charge is 0.0434 e. The number of halogens is 1. The van der Waals surface area contributed by atoms with Gasteiger partial charge in [-0.2, -0.15) is 0 Å². The van der Waals surface area contributed by atoms with Gasteiger partial charge in [-0.3, -0.25) is 0 Å². The summed E-state index contributed by atoms with van der Waals surface area (Å²) in [6.45, 7) is 4.13. The Balaban J connectivity index is 2.31. The summed E-state index contributed by atoms with van der Waals surface area (Å²) < 4.78 is 1.10. The highest BCUT2D eigenvalue weighted by Gasteiger charge is 2.01. The first-order valence-electron chi connectivity index (χ1n) is 5.45. The van der Waals surface area contributed by atoms with Crippen LogP contribution in [-0.4, -0.2) is 0 Å². The largest absolute Gasteiger partial charge is 0.399 e. The summed E-state index contributed by atoms with van der Waals surface area (Å²) in [6.07, 6.45) is 0. The van der Waals surface area contributed by atoms with Gasteiger partial charge in [0.15, 0.2) is 0 Å². The number of nitrogens with one attached hydrogen (secondary N) is 1. The number of aryl methyl sites for hydroxylation is 2. The van der Waals surface area contributed by atoms with Crippen molar-refractivity contribution in [2.24, 2.45) is 0 Å². The van der Waals surface area contributed by atoms with Gasteiger partial charge in [0, 0.05) is 21.5 Å². The van der Waals surface area contributed by atoms with Crippen LogP contribution in [0.1, 0.15) is 11.1 Å². The molecule has 88 valence electrons. The molecule has 2 aromatic rings. The Kier molecular flexibility index (Phi) is 3.38. The van der Waals surface area contributed by atoms with Crippen LogP contribution in [0.2, 0.25) is 0 Å². The maximum atomic E-state index is 5.79. The fourth-order valence-electron chi connectivity index (χ4n) is 1.60. The zero-order valence-electron chi connectivity index (χ0n) is 9.92. The Morgan fingerprint density at radius 1 is 1.00 bits per heavy atom. The van der Waals surface area contributed by atoms with Gasteiger partial charge >= 0.3 is 0 Å². The highest BCUT2D eigenvalue weighted by atomic mass is 79.9. The zero-order valence-corrected chi connectivity index (χ0v) is 11.5. The number of hydrogen-bond acceptors (Lipinski definition) is 2. The van der Waals surface area contributed by atoms with Crippen molar-refractivity contribution >= 4 is 33.0 Å². The molecular formula is C14H15BrN2. The molecule has 0 unspecified atom stereocenters. The lowest BCUT2D eigenvalue weighted by atomic mass is 10.1. The van der Waals surface area contributed by atoms with E-state index in [-0.39, 0.29) is 0 Å². The molecular weight excluding hydrogens is 276 g/mol. The van der Waals surface area contributed by atoms with Crippen LogP contribution in [-0.2, 0) is 0 Å². The SMILES string of the molecule is Cc1ccc(Nc2cc(N)ccc2C)cc1Br. The first-order chi connectivity index (χ1) is 8.06. The van der Waals surface area contributed by atoms with Crippen LogP contribution in [0.4, 0.5) is 17.1 Å². The van der Waals surface area contributed by atoms with Crippen molar-refractivity contribution < 1.29 is 0 Å². The molecule has 0 aliphatic heterocycles. The van der Waals surface area contributed by atoms with Gasteiger partial charge in [-0.1, -0.05) is 28.1 Å². The van der Waals surface area contributed by atoms with Gasteiger partial charge in [0.2, 0.25) is 0 Å². The average molecular weight is 291 g/mol. The molecule has 0 amide bonds. The van der Waals surface area contributed by atoms with Crippen LogP contribution >= 0.6 is 15.9 Å². The van der Waals surface area contributed by atoms with E-state index in [1.54, 1.807) is 0 Å². The average Bonchev–Trinajstić information content (AvgIpc) is 2.29. The van der Waals surface area contributed by atoms with Crippen molar-refractivity contribution in [3.8, 4) is 0 Å². The Morgan fingerprint density at radius 2 is 1.71 bits per heavy atom. The molecule has 2 aromatic carbocycles. The number of benzene rings is 2. The maximum absolute atomic E-state index is 5.79. The molecule has 0 heterocycles. The molecule has 0 radical (unpaired) electrons. The Hall–Kier alpha value is -1.48. The quantitative estimate of drug-likeness (QED) is 0.805. The van der Waals surface area contributed by atoms with E-state index in [1.165, 1.54) is 11.1 Å². The van der Waals surface area contributed by atoms with Crippen LogP contribution in [0.25, 0.3) is 0 Å². The van der Waals surface area contributed by atoms with Crippen molar-refractivity contribution in [3.05, 3.63) is 52.0 Å². The van der Waals surface area contributed by atoms with E-state index in [2.05, 4.69) is 53.3 Å². The third-order valence-corrected chi connectivity index (χ3v) is 3.57. The molecule has 0 spiro atoms. The molecule has 0 aliphatic carbocycles. The fourth-order valence-corrected chi connectivity index (χ4v) is 1.98. The molecule has 0 aromatic heterocycles. The standard InChI is InChI=1S/C14H15BrN2/c1-9-4-6-12(8-13(9)15)17-14-7-11(16)5-3-10(14)2/h3-8,17H,16H2,1-2H3. The normalized spacial score (nSPS) is 10.3. The molecule has 0 saturated carbocycles. The summed E-state index contributed by atoms with van der Waals surface area (Å²) in [6, 6.07) is 12.1. The number of anilines is 3. The van der Waals surface area contributed by atoms with Crippen LogP contribution in [0.5, 0.6) is 0 Å². The number of rotatable bonds is 2. The highest BCUT2D eigenvalue weighted by molar-refractivity contribution is 9.10. The van der Waals surface area contributed by atoms with Gasteiger partial charge in [0.25, 0.3) is 0 Å². The predicted molar refractivity (Wildman–Crippen MR) is 77.8 cm³/mol. The summed E-state index contributed by atoms with van der Waals surface area (Å²) in [5.41, 5.74) is 11.0. The molecule has 3 N–H and O–H groups in total. The molecule has 2 nitrogen and oxygen atoms in total. The summed E-state index contributed by atoms with van der Waals surface area (Å²) in [5.74, 6) is 0. The Bertz CT molecular complexity index is 550. The first-order valence-corrected chi connectivity index (χ1v) is 6.25. The van der Waals surface area contributed by atoms with Crippen LogP contribution in [0, 0.1) is 13.8 Å². The molecule has 3 heteroatoms. The van der Waals surface area contributed by atoms with Crippen molar-refractivity contribution in [1.82, 2.24) is 0 Å². The monoisotopic (exact) mass is 290 g/mol. The van der Waals surface area contributed by atoms with Gasteiger partial charge in [-0.25, -0.2) is 0 Å². The molecule has 2 rings (SSSR count). The van der Waals surface area contributed by atoms with E-state index >= 15 is 0 Å². The van der Waals surface area contributed by atoms with E-state index in [9.17, 15) is 0 Å². The van der Waals surface area contributed by atoms with E-state index < -0.39 is 0 Å². The topological polar surface area (TPSA) is 38.0 Å². The molecule has 0 fully saturated rings. The van der Waals surface area contributed by atoms with Gasteiger partial charge in [-0.05, 0) is 49.2 Å². The van der Waals surface area contributed by atoms with Crippen LogP contribution in [0.3, 0.4) is 0 Å². The Labute approximate surface area is 110 Å². The maximum Gasteiger partial charge on any atom is 0.0434 e. The zero-order chi connectivity index (χ0) is 12.4. The van der Waals surface area contributed by atoms with Crippen molar-refractivity contribution in [1.29, 1.82) is 0 Å². The lowest BCUT2D eigenvalue weighted by Gasteiger charge is -2.11. The van der Waals surface area contributed by atoms with Crippen LogP contribution < -0.4 is 11.1 Å². The minimum absolute atomic E-state index is 0.768. The molecule has 0 atom stereocenters. The third-order valence-electron chi connectivity index (χ3n) is 2.71. The van der Waals surface area contributed by atoms with E-state index in [4.69, 9.17) is 5.73 Å². The van der Waals surface area contributed by atoms with E-state index in [1.807, 2.05) is 18.2 Å². The second-order valence-corrected chi connectivity index (χ2v) is 5.02. The lowest BCUT2D eigenvalue weighted by Crippen LogP contribution is -1.95. The molecule has 0 saturated heterocycles. The predicted octanol–water partition coefficient (Wildman–Crippen LogP) is 4.39. The summed E-state index contributed by atoms with van der Waals surface area (Å²) >= 11 is 3.53. The van der Waals surface area contributed by atoms with Gasteiger partial charge in [0.05, 0.1) is 0 Å². The van der Waals surface area contributed by atoms with Crippen molar-refractivity contribution in [2.75, 3.05) is 11.1 Å².